The molecule has 4 nitrogen and oxygen atoms in total. The first-order chi connectivity index (χ1) is 8.01. The van der Waals surface area contributed by atoms with Gasteiger partial charge in [-0.3, -0.25) is 4.79 Å². The van der Waals surface area contributed by atoms with Gasteiger partial charge in [0.2, 0.25) is 0 Å². The van der Waals surface area contributed by atoms with Crippen molar-refractivity contribution in [3.63, 3.8) is 0 Å². The molecule has 1 aliphatic heterocycles. The summed E-state index contributed by atoms with van der Waals surface area (Å²) in [5.74, 6) is -4.98. The highest BCUT2D eigenvalue weighted by atomic mass is 19.3. The molecule has 1 saturated heterocycles. The highest BCUT2D eigenvalue weighted by Gasteiger charge is 2.46. The van der Waals surface area contributed by atoms with Crippen molar-refractivity contribution in [2.24, 2.45) is 0 Å². The fraction of sp³-hybridized carbons (Fsp3) is 0.545. The van der Waals surface area contributed by atoms with Crippen molar-refractivity contribution in [3.8, 4) is 0 Å². The number of aryl methyl sites for hydroxylation is 1. The van der Waals surface area contributed by atoms with Gasteiger partial charge >= 0.3 is 11.8 Å². The van der Waals surface area contributed by atoms with Crippen LogP contribution in [-0.2, 0) is 10.7 Å². The molecule has 1 aromatic heterocycles. The third-order valence-electron chi connectivity index (χ3n) is 2.72. The first-order valence-electron chi connectivity index (χ1n) is 5.46. The zero-order chi connectivity index (χ0) is 12.5. The van der Waals surface area contributed by atoms with E-state index in [1.54, 1.807) is 6.92 Å². The van der Waals surface area contributed by atoms with Crippen LogP contribution in [0.3, 0.4) is 0 Å². The number of hydrogen-bond acceptors (Lipinski definition) is 3. The number of rotatable bonds is 2. The lowest BCUT2D eigenvalue weighted by Crippen LogP contribution is -2.51. The van der Waals surface area contributed by atoms with Crippen LogP contribution in [0.5, 0.6) is 0 Å². The average molecular weight is 244 g/mol. The molecular weight excluding hydrogens is 230 g/mol. The lowest BCUT2D eigenvalue weighted by Gasteiger charge is -2.29. The molecule has 0 aromatic carbocycles. The number of furan rings is 1. The average Bonchev–Trinajstić information content (AvgIpc) is 2.77. The monoisotopic (exact) mass is 244 g/mol. The van der Waals surface area contributed by atoms with E-state index in [-0.39, 0.29) is 0 Å². The Kier molecular flexibility index (Phi) is 3.15. The number of alkyl halides is 2. The summed E-state index contributed by atoms with van der Waals surface area (Å²) in [7, 11) is 0. The summed E-state index contributed by atoms with van der Waals surface area (Å²) < 4.78 is 32.5. The molecule has 94 valence electrons. The Balaban J connectivity index is 2.16. The fourth-order valence-electron chi connectivity index (χ4n) is 1.78. The van der Waals surface area contributed by atoms with Crippen molar-refractivity contribution < 1.29 is 18.0 Å². The molecule has 1 N–H and O–H groups in total. The van der Waals surface area contributed by atoms with Crippen LogP contribution in [0, 0.1) is 6.92 Å². The van der Waals surface area contributed by atoms with Crippen LogP contribution in [0.15, 0.2) is 16.5 Å². The normalized spacial score (nSPS) is 17.2. The van der Waals surface area contributed by atoms with Gasteiger partial charge < -0.3 is 14.6 Å². The van der Waals surface area contributed by atoms with E-state index in [4.69, 9.17) is 4.42 Å². The van der Waals surface area contributed by atoms with E-state index in [0.717, 1.165) is 11.0 Å². The van der Waals surface area contributed by atoms with Gasteiger partial charge in [-0.05, 0) is 19.1 Å². The lowest BCUT2D eigenvalue weighted by molar-refractivity contribution is -0.162. The Morgan fingerprint density at radius 2 is 2.06 bits per heavy atom. The molecular formula is C11H14F2N2O2. The summed E-state index contributed by atoms with van der Waals surface area (Å²) in [5.41, 5.74) is 0. The molecule has 1 amide bonds. The van der Waals surface area contributed by atoms with Gasteiger partial charge in [0, 0.05) is 26.2 Å². The second kappa shape index (κ2) is 4.44. The van der Waals surface area contributed by atoms with E-state index in [9.17, 15) is 13.6 Å². The van der Waals surface area contributed by atoms with Gasteiger partial charge in [-0.1, -0.05) is 0 Å². The molecule has 0 aliphatic carbocycles. The number of amides is 1. The van der Waals surface area contributed by atoms with Crippen LogP contribution >= 0.6 is 0 Å². The van der Waals surface area contributed by atoms with E-state index < -0.39 is 17.6 Å². The molecule has 1 aliphatic rings. The van der Waals surface area contributed by atoms with Gasteiger partial charge in [-0.2, -0.15) is 8.78 Å². The molecule has 0 saturated carbocycles. The standard InChI is InChI=1S/C11H14F2N2O2/c1-8-2-3-9(17-8)11(12,13)10(16)15-6-4-14-5-7-15/h2-3,14H,4-7H2,1H3. The van der Waals surface area contributed by atoms with Crippen molar-refractivity contribution in [3.05, 3.63) is 23.7 Å². The Labute approximate surface area is 97.6 Å². The maximum absolute atomic E-state index is 13.8. The SMILES string of the molecule is Cc1ccc(C(F)(F)C(=O)N2CCNCC2)o1. The Morgan fingerprint density at radius 3 is 2.59 bits per heavy atom. The summed E-state index contributed by atoms with van der Waals surface area (Å²) >= 11 is 0. The molecule has 0 bridgehead atoms. The van der Waals surface area contributed by atoms with Crippen molar-refractivity contribution >= 4 is 5.91 Å². The van der Waals surface area contributed by atoms with Crippen molar-refractivity contribution in [1.29, 1.82) is 0 Å². The summed E-state index contributed by atoms with van der Waals surface area (Å²) in [4.78, 5) is 12.9. The minimum Gasteiger partial charge on any atom is -0.459 e. The molecule has 1 aromatic rings. The van der Waals surface area contributed by atoms with Crippen LogP contribution in [0.25, 0.3) is 0 Å². The molecule has 1 fully saturated rings. The molecule has 2 heterocycles. The number of hydrogen-bond donors (Lipinski definition) is 1. The largest absolute Gasteiger partial charge is 0.459 e. The minimum absolute atomic E-state index is 0.300. The van der Waals surface area contributed by atoms with Gasteiger partial charge in [0.15, 0.2) is 5.76 Å². The maximum atomic E-state index is 13.8. The molecule has 17 heavy (non-hydrogen) atoms. The lowest BCUT2D eigenvalue weighted by atomic mass is 10.2. The van der Waals surface area contributed by atoms with Crippen LogP contribution in [-0.4, -0.2) is 37.0 Å². The summed E-state index contributed by atoms with van der Waals surface area (Å²) in [6.07, 6.45) is 0. The number of carbonyl (C=O) groups is 1. The van der Waals surface area contributed by atoms with E-state index >= 15 is 0 Å². The van der Waals surface area contributed by atoms with Crippen molar-refractivity contribution in [2.45, 2.75) is 12.8 Å². The third-order valence-corrected chi connectivity index (χ3v) is 2.72. The predicted molar refractivity (Wildman–Crippen MR) is 56.8 cm³/mol. The Hall–Kier alpha value is -1.43. The van der Waals surface area contributed by atoms with Crippen molar-refractivity contribution in [2.75, 3.05) is 26.2 Å². The Bertz CT molecular complexity index is 411. The molecule has 0 atom stereocenters. The predicted octanol–water partition coefficient (Wildman–Crippen LogP) is 1.11. The number of halogens is 2. The zero-order valence-electron chi connectivity index (χ0n) is 9.50. The zero-order valence-corrected chi connectivity index (χ0v) is 9.50. The third kappa shape index (κ3) is 2.31. The summed E-state index contributed by atoms with van der Waals surface area (Å²) in [6.45, 7) is 3.25. The first kappa shape index (κ1) is 12.0. The van der Waals surface area contributed by atoms with Gasteiger partial charge in [0.1, 0.15) is 5.76 Å². The van der Waals surface area contributed by atoms with Gasteiger partial charge in [0.25, 0.3) is 0 Å². The first-order valence-corrected chi connectivity index (χ1v) is 5.46. The van der Waals surface area contributed by atoms with Crippen LogP contribution in [0.4, 0.5) is 8.78 Å². The summed E-state index contributed by atoms with van der Waals surface area (Å²) in [5, 5.41) is 3.00. The van der Waals surface area contributed by atoms with Crippen LogP contribution in [0.2, 0.25) is 0 Å². The van der Waals surface area contributed by atoms with Gasteiger partial charge in [-0.15, -0.1) is 0 Å². The van der Waals surface area contributed by atoms with Crippen molar-refractivity contribution in [1.82, 2.24) is 10.2 Å². The maximum Gasteiger partial charge on any atom is 0.381 e. The number of nitrogens with zero attached hydrogens (tertiary/aromatic N) is 1. The van der Waals surface area contributed by atoms with E-state index in [2.05, 4.69) is 5.32 Å². The quantitative estimate of drug-likeness (QED) is 0.847. The second-order valence-electron chi connectivity index (χ2n) is 4.03. The summed E-state index contributed by atoms with van der Waals surface area (Å²) in [6, 6.07) is 2.57. The van der Waals surface area contributed by atoms with Crippen LogP contribution < -0.4 is 5.32 Å². The van der Waals surface area contributed by atoms with E-state index in [1.165, 1.54) is 6.07 Å². The minimum atomic E-state index is -3.58. The number of piperazine rings is 1. The molecule has 6 heteroatoms. The van der Waals surface area contributed by atoms with E-state index in [1.807, 2.05) is 0 Å². The van der Waals surface area contributed by atoms with E-state index in [0.29, 0.717) is 31.9 Å². The second-order valence-corrected chi connectivity index (χ2v) is 4.03. The topological polar surface area (TPSA) is 45.5 Å². The highest BCUT2D eigenvalue weighted by molar-refractivity contribution is 5.84. The Morgan fingerprint density at radius 1 is 1.41 bits per heavy atom. The van der Waals surface area contributed by atoms with Gasteiger partial charge in [-0.25, -0.2) is 0 Å². The number of carbonyl (C=O) groups excluding carboxylic acids is 1. The molecule has 0 spiro atoms. The molecule has 0 radical (unpaired) electrons. The highest BCUT2D eigenvalue weighted by Crippen LogP contribution is 2.31. The smallest absolute Gasteiger partial charge is 0.381 e. The number of nitrogens with one attached hydrogen (secondary N) is 1. The fourth-order valence-corrected chi connectivity index (χ4v) is 1.78. The van der Waals surface area contributed by atoms with Gasteiger partial charge in [0.05, 0.1) is 0 Å². The molecule has 0 unspecified atom stereocenters. The van der Waals surface area contributed by atoms with Crippen LogP contribution in [0.1, 0.15) is 11.5 Å². The molecule has 2 rings (SSSR count).